The summed E-state index contributed by atoms with van der Waals surface area (Å²) in [5.41, 5.74) is 3.82. The SMILES string of the molecule is CCOc1ccccc1-c1nc(Cn2c(=O)cc(C)c3c(C)nn(-c4cccc(F)c4)c32)c(C)o1. The number of halogens is 1. The summed E-state index contributed by atoms with van der Waals surface area (Å²) >= 11 is 0. The molecule has 3 aromatic heterocycles. The minimum Gasteiger partial charge on any atom is -0.493 e. The molecular formula is C27H25FN4O3. The van der Waals surface area contributed by atoms with Gasteiger partial charge in [0.2, 0.25) is 5.89 Å². The van der Waals surface area contributed by atoms with Crippen molar-refractivity contribution in [1.82, 2.24) is 19.3 Å². The van der Waals surface area contributed by atoms with E-state index >= 15 is 0 Å². The van der Waals surface area contributed by atoms with Crippen molar-refractivity contribution in [3.63, 3.8) is 0 Å². The maximum atomic E-state index is 14.0. The second-order valence-electron chi connectivity index (χ2n) is 8.38. The number of nitrogens with zero attached hydrogens (tertiary/aromatic N) is 4. The number of aromatic nitrogens is 4. The fraction of sp³-hybridized carbons (Fsp3) is 0.222. The van der Waals surface area contributed by atoms with E-state index in [1.165, 1.54) is 12.1 Å². The van der Waals surface area contributed by atoms with Gasteiger partial charge < -0.3 is 9.15 Å². The lowest BCUT2D eigenvalue weighted by atomic mass is 10.1. The van der Waals surface area contributed by atoms with Gasteiger partial charge in [-0.2, -0.15) is 5.10 Å². The fourth-order valence-corrected chi connectivity index (χ4v) is 4.37. The Kier molecular flexibility index (Phi) is 5.72. The molecule has 3 heterocycles. The van der Waals surface area contributed by atoms with Gasteiger partial charge in [-0.25, -0.2) is 14.1 Å². The van der Waals surface area contributed by atoms with E-state index < -0.39 is 0 Å². The van der Waals surface area contributed by atoms with Gasteiger partial charge in [0.15, 0.2) is 0 Å². The van der Waals surface area contributed by atoms with Crippen molar-refractivity contribution in [3.8, 4) is 22.9 Å². The number of benzene rings is 2. The van der Waals surface area contributed by atoms with E-state index in [0.29, 0.717) is 41.0 Å². The quantitative estimate of drug-likeness (QED) is 0.333. The molecule has 178 valence electrons. The predicted molar refractivity (Wildman–Crippen MR) is 132 cm³/mol. The third kappa shape index (κ3) is 4.01. The van der Waals surface area contributed by atoms with Crippen molar-refractivity contribution in [2.75, 3.05) is 6.61 Å². The van der Waals surface area contributed by atoms with Gasteiger partial charge in [-0.3, -0.25) is 9.36 Å². The van der Waals surface area contributed by atoms with Crippen LogP contribution in [0.3, 0.4) is 0 Å². The molecule has 5 aromatic rings. The largest absolute Gasteiger partial charge is 0.493 e. The molecule has 0 amide bonds. The number of hydrogen-bond acceptors (Lipinski definition) is 5. The fourth-order valence-electron chi connectivity index (χ4n) is 4.37. The average Bonchev–Trinajstić information content (AvgIpc) is 3.37. The second-order valence-corrected chi connectivity index (χ2v) is 8.38. The van der Waals surface area contributed by atoms with Crippen molar-refractivity contribution >= 4 is 11.0 Å². The van der Waals surface area contributed by atoms with Crippen molar-refractivity contribution < 1.29 is 13.5 Å². The van der Waals surface area contributed by atoms with Crippen LogP contribution in [-0.4, -0.2) is 25.9 Å². The number of hydrogen-bond donors (Lipinski definition) is 0. The van der Waals surface area contributed by atoms with E-state index in [1.807, 2.05) is 52.0 Å². The summed E-state index contributed by atoms with van der Waals surface area (Å²) in [6.45, 7) is 8.18. The number of ether oxygens (including phenoxy) is 1. The number of rotatable bonds is 6. The van der Waals surface area contributed by atoms with Crippen molar-refractivity contribution in [1.29, 1.82) is 0 Å². The Hall–Kier alpha value is -4.20. The first-order chi connectivity index (χ1) is 16.9. The minimum atomic E-state index is -0.379. The Morgan fingerprint density at radius 1 is 1.06 bits per heavy atom. The van der Waals surface area contributed by atoms with Crippen molar-refractivity contribution in [2.24, 2.45) is 0 Å². The average molecular weight is 473 g/mol. The third-order valence-electron chi connectivity index (χ3n) is 5.96. The molecule has 0 bridgehead atoms. The topological polar surface area (TPSA) is 75.1 Å². The van der Waals surface area contributed by atoms with E-state index in [-0.39, 0.29) is 17.9 Å². The highest BCUT2D eigenvalue weighted by molar-refractivity contribution is 5.83. The van der Waals surface area contributed by atoms with Crippen LogP contribution >= 0.6 is 0 Å². The summed E-state index contributed by atoms with van der Waals surface area (Å²) in [6.07, 6.45) is 0. The van der Waals surface area contributed by atoms with E-state index in [1.54, 1.807) is 27.4 Å². The minimum absolute atomic E-state index is 0.169. The highest BCUT2D eigenvalue weighted by Crippen LogP contribution is 2.31. The summed E-state index contributed by atoms with van der Waals surface area (Å²) in [5, 5.41) is 5.49. The lowest BCUT2D eigenvalue weighted by molar-refractivity contribution is 0.340. The van der Waals surface area contributed by atoms with Crippen LogP contribution in [-0.2, 0) is 6.54 Å². The van der Waals surface area contributed by atoms with Crippen LogP contribution in [0.25, 0.3) is 28.2 Å². The summed E-state index contributed by atoms with van der Waals surface area (Å²) in [7, 11) is 0. The maximum Gasteiger partial charge on any atom is 0.252 e. The van der Waals surface area contributed by atoms with Gasteiger partial charge in [0.25, 0.3) is 5.56 Å². The van der Waals surface area contributed by atoms with Crippen molar-refractivity contribution in [2.45, 2.75) is 34.2 Å². The Labute approximate surface area is 201 Å². The molecule has 0 aliphatic rings. The number of pyridine rings is 1. The molecule has 0 aliphatic heterocycles. The van der Waals surface area contributed by atoms with Crippen LogP contribution in [0.4, 0.5) is 4.39 Å². The van der Waals surface area contributed by atoms with Crippen LogP contribution < -0.4 is 10.3 Å². The van der Waals surface area contributed by atoms with Crippen molar-refractivity contribution in [3.05, 3.63) is 93.5 Å². The van der Waals surface area contributed by atoms with Gasteiger partial charge in [-0.15, -0.1) is 0 Å². The number of oxazole rings is 1. The highest BCUT2D eigenvalue weighted by Gasteiger charge is 2.21. The normalized spacial score (nSPS) is 11.3. The van der Waals surface area contributed by atoms with Gasteiger partial charge in [0.05, 0.1) is 30.1 Å². The molecule has 0 N–H and O–H groups in total. The Balaban J connectivity index is 1.66. The van der Waals surface area contributed by atoms with Gasteiger partial charge in [0.1, 0.15) is 28.7 Å². The van der Waals surface area contributed by atoms with Gasteiger partial charge in [-0.05, 0) is 63.6 Å². The molecule has 0 fully saturated rings. The van der Waals surface area contributed by atoms with Crippen LogP contribution in [0.2, 0.25) is 0 Å². The van der Waals surface area contributed by atoms with E-state index in [9.17, 15) is 9.18 Å². The molecule has 0 saturated carbocycles. The first-order valence-electron chi connectivity index (χ1n) is 11.4. The second kappa shape index (κ2) is 8.87. The first kappa shape index (κ1) is 22.6. The molecule has 0 saturated heterocycles. The van der Waals surface area contributed by atoms with Gasteiger partial charge in [-0.1, -0.05) is 18.2 Å². The first-order valence-corrected chi connectivity index (χ1v) is 11.4. The molecule has 7 nitrogen and oxygen atoms in total. The van der Waals surface area contributed by atoms with Gasteiger partial charge >= 0.3 is 0 Å². The van der Waals surface area contributed by atoms with Crippen LogP contribution in [0.1, 0.15) is 29.6 Å². The van der Waals surface area contributed by atoms with E-state index in [4.69, 9.17) is 14.1 Å². The lowest BCUT2D eigenvalue weighted by Gasteiger charge is -2.11. The molecule has 5 rings (SSSR count). The monoisotopic (exact) mass is 472 g/mol. The maximum absolute atomic E-state index is 14.0. The molecule has 0 atom stereocenters. The van der Waals surface area contributed by atoms with Crippen LogP contribution in [0.5, 0.6) is 5.75 Å². The standard InChI is InChI=1S/C27H25FN4O3/c1-5-34-23-12-7-6-11-21(23)26-29-22(18(4)35-26)15-31-24(33)13-16(2)25-17(3)30-32(27(25)31)20-10-8-9-19(28)14-20/h6-14H,5,15H2,1-4H3. The van der Waals surface area contributed by atoms with E-state index in [2.05, 4.69) is 5.10 Å². The predicted octanol–water partition coefficient (Wildman–Crippen LogP) is 5.35. The number of fused-ring (bicyclic) bond motifs is 1. The smallest absolute Gasteiger partial charge is 0.252 e. The molecule has 0 unspecified atom stereocenters. The lowest BCUT2D eigenvalue weighted by Crippen LogP contribution is -2.23. The van der Waals surface area contributed by atoms with Gasteiger partial charge in [0, 0.05) is 11.5 Å². The molecule has 0 aliphatic carbocycles. The van der Waals surface area contributed by atoms with E-state index in [0.717, 1.165) is 22.2 Å². The molecule has 0 radical (unpaired) electrons. The summed E-state index contributed by atoms with van der Waals surface area (Å²) in [5.74, 6) is 1.32. The Morgan fingerprint density at radius 2 is 1.86 bits per heavy atom. The number of aryl methyl sites for hydroxylation is 3. The zero-order chi connectivity index (χ0) is 24.7. The Morgan fingerprint density at radius 3 is 2.63 bits per heavy atom. The molecule has 35 heavy (non-hydrogen) atoms. The zero-order valence-electron chi connectivity index (χ0n) is 20.0. The molecular weight excluding hydrogens is 447 g/mol. The Bertz CT molecular complexity index is 1610. The summed E-state index contributed by atoms with van der Waals surface area (Å²) < 4.78 is 29.0. The molecule has 2 aromatic carbocycles. The molecule has 8 heteroatoms. The summed E-state index contributed by atoms with van der Waals surface area (Å²) in [6, 6.07) is 15.3. The zero-order valence-corrected chi connectivity index (χ0v) is 20.0. The number of para-hydroxylation sites is 1. The third-order valence-corrected chi connectivity index (χ3v) is 5.96. The molecule has 0 spiro atoms. The highest BCUT2D eigenvalue weighted by atomic mass is 19.1. The van der Waals surface area contributed by atoms with Crippen LogP contribution in [0.15, 0.2) is 63.8 Å². The van der Waals surface area contributed by atoms with Crippen LogP contribution in [0, 0.1) is 26.6 Å². The summed E-state index contributed by atoms with van der Waals surface area (Å²) in [4.78, 5) is 17.9.